The number of rotatable bonds is 6. The molecule has 39 heavy (non-hydrogen) atoms. The molecular formula is C36H50O3. The first kappa shape index (κ1) is 27.0. The summed E-state index contributed by atoms with van der Waals surface area (Å²) in [4.78, 5) is 0. The summed E-state index contributed by atoms with van der Waals surface area (Å²) in [6.45, 7) is 0. The molecule has 0 saturated heterocycles. The lowest BCUT2D eigenvalue weighted by molar-refractivity contribution is 0.384. The summed E-state index contributed by atoms with van der Waals surface area (Å²) in [6.07, 6.45) is 24.6. The maximum atomic E-state index is 11.6. The molecule has 4 saturated carbocycles. The smallest absolute Gasteiger partial charge is 0.128 e. The molecule has 6 rings (SSSR count). The van der Waals surface area contributed by atoms with Gasteiger partial charge in [-0.05, 0) is 99.3 Å². The zero-order valence-electron chi connectivity index (χ0n) is 24.1. The zero-order valence-corrected chi connectivity index (χ0v) is 24.1. The molecule has 4 aliphatic rings. The van der Waals surface area contributed by atoms with Crippen molar-refractivity contribution in [2.24, 2.45) is 0 Å². The Kier molecular flexibility index (Phi) is 8.71. The summed E-state index contributed by atoms with van der Waals surface area (Å²) in [7, 11) is 0. The van der Waals surface area contributed by atoms with Gasteiger partial charge in [-0.3, -0.25) is 0 Å². The second-order valence-corrected chi connectivity index (χ2v) is 13.3. The normalized spacial score (nSPS) is 22.7. The van der Waals surface area contributed by atoms with Gasteiger partial charge >= 0.3 is 0 Å². The van der Waals surface area contributed by atoms with Gasteiger partial charge in [-0.1, -0.05) is 77.0 Å². The Morgan fingerprint density at radius 1 is 0.385 bits per heavy atom. The van der Waals surface area contributed by atoms with Crippen LogP contribution in [0.15, 0.2) is 24.3 Å². The number of benzene rings is 2. The van der Waals surface area contributed by atoms with Crippen molar-refractivity contribution < 1.29 is 14.9 Å². The number of hydrogen-bond donors (Lipinski definition) is 2. The van der Waals surface area contributed by atoms with Gasteiger partial charge in [0.05, 0.1) is 0 Å². The van der Waals surface area contributed by atoms with E-state index in [1.54, 1.807) is 0 Å². The van der Waals surface area contributed by atoms with Gasteiger partial charge in [0, 0.05) is 22.3 Å². The molecule has 2 N–H and O–H groups in total. The van der Waals surface area contributed by atoms with Gasteiger partial charge in [-0.2, -0.15) is 0 Å². The molecule has 0 spiro atoms. The predicted molar refractivity (Wildman–Crippen MR) is 160 cm³/mol. The highest BCUT2D eigenvalue weighted by Crippen LogP contribution is 2.49. The highest BCUT2D eigenvalue weighted by atomic mass is 16.5. The third kappa shape index (κ3) is 6.13. The minimum atomic E-state index is 0.431. The first-order valence-electron chi connectivity index (χ1n) is 16.6. The van der Waals surface area contributed by atoms with Crippen LogP contribution in [0.5, 0.6) is 23.0 Å². The molecule has 3 nitrogen and oxygen atoms in total. The van der Waals surface area contributed by atoms with E-state index in [-0.39, 0.29) is 0 Å². The van der Waals surface area contributed by atoms with E-state index in [4.69, 9.17) is 4.74 Å². The van der Waals surface area contributed by atoms with E-state index in [1.807, 2.05) is 0 Å². The van der Waals surface area contributed by atoms with Crippen LogP contribution in [0.25, 0.3) is 0 Å². The van der Waals surface area contributed by atoms with Crippen molar-refractivity contribution in [3.05, 3.63) is 46.5 Å². The van der Waals surface area contributed by atoms with Gasteiger partial charge in [0.1, 0.15) is 23.0 Å². The number of phenolic OH excluding ortho intramolecular Hbond substituents is 2. The van der Waals surface area contributed by atoms with Crippen LogP contribution in [0.2, 0.25) is 0 Å². The largest absolute Gasteiger partial charge is 0.507 e. The second-order valence-electron chi connectivity index (χ2n) is 13.3. The SMILES string of the molecule is Oc1c(C2CCCCC2)cc(Oc2cc(C3CCCCC3)c(O)c(C3CCCCC3)c2)cc1C1CCCCC1. The van der Waals surface area contributed by atoms with Gasteiger partial charge in [0.25, 0.3) is 0 Å². The Morgan fingerprint density at radius 2 is 0.615 bits per heavy atom. The number of phenols is 2. The monoisotopic (exact) mass is 530 g/mol. The summed E-state index contributed by atoms with van der Waals surface area (Å²) in [5.74, 6) is 4.59. The predicted octanol–water partition coefficient (Wildman–Crippen LogP) is 11.1. The van der Waals surface area contributed by atoms with Crippen molar-refractivity contribution in [2.75, 3.05) is 0 Å². The van der Waals surface area contributed by atoms with E-state index in [9.17, 15) is 10.2 Å². The maximum absolute atomic E-state index is 11.6. The quantitative estimate of drug-likeness (QED) is 0.390. The van der Waals surface area contributed by atoms with Crippen LogP contribution in [0.3, 0.4) is 0 Å². The molecule has 0 atom stereocenters. The molecule has 0 heterocycles. The summed E-state index contributed by atoms with van der Waals surface area (Å²) >= 11 is 0. The molecule has 0 aromatic heterocycles. The molecule has 212 valence electrons. The number of aromatic hydroxyl groups is 2. The van der Waals surface area contributed by atoms with Gasteiger partial charge in [0.2, 0.25) is 0 Å². The standard InChI is InChI=1S/C36H50O3/c37-35-31(25-13-5-1-6-14-25)21-29(22-32(35)26-15-7-2-8-16-26)39-30-23-33(27-17-9-3-10-18-27)36(38)34(24-30)28-19-11-4-12-20-28/h21-28,37-38H,1-20H2. The molecule has 0 bridgehead atoms. The average Bonchev–Trinajstić information content (AvgIpc) is 3.00. The van der Waals surface area contributed by atoms with Crippen LogP contribution in [0.1, 0.15) is 174 Å². The van der Waals surface area contributed by atoms with E-state index in [0.717, 1.165) is 85.1 Å². The molecular weight excluding hydrogens is 480 g/mol. The molecule has 2 aromatic carbocycles. The van der Waals surface area contributed by atoms with Crippen molar-refractivity contribution in [3.63, 3.8) is 0 Å². The minimum absolute atomic E-state index is 0.431. The average molecular weight is 531 g/mol. The van der Waals surface area contributed by atoms with Crippen molar-refractivity contribution >= 4 is 0 Å². The fraction of sp³-hybridized carbons (Fsp3) is 0.667. The molecule has 4 fully saturated rings. The molecule has 4 aliphatic carbocycles. The maximum Gasteiger partial charge on any atom is 0.128 e. The van der Waals surface area contributed by atoms with E-state index in [2.05, 4.69) is 24.3 Å². The van der Waals surface area contributed by atoms with E-state index >= 15 is 0 Å². The lowest BCUT2D eigenvalue weighted by Crippen LogP contribution is -2.10. The van der Waals surface area contributed by atoms with Gasteiger partial charge in [0.15, 0.2) is 0 Å². The first-order chi connectivity index (χ1) is 19.2. The molecule has 3 heteroatoms. The number of ether oxygens (including phenoxy) is 1. The fourth-order valence-corrected chi connectivity index (χ4v) is 8.46. The summed E-state index contributed by atoms with van der Waals surface area (Å²) in [5.41, 5.74) is 4.47. The molecule has 0 aliphatic heterocycles. The molecule has 0 radical (unpaired) electrons. The first-order valence-corrected chi connectivity index (χ1v) is 16.6. The van der Waals surface area contributed by atoms with E-state index < -0.39 is 0 Å². The Morgan fingerprint density at radius 3 is 0.846 bits per heavy atom. The van der Waals surface area contributed by atoms with E-state index in [0.29, 0.717) is 35.2 Å². The second kappa shape index (κ2) is 12.6. The van der Waals surface area contributed by atoms with Crippen LogP contribution in [-0.2, 0) is 0 Å². The van der Waals surface area contributed by atoms with Crippen molar-refractivity contribution in [1.82, 2.24) is 0 Å². The fourth-order valence-electron chi connectivity index (χ4n) is 8.46. The third-order valence-electron chi connectivity index (χ3n) is 10.7. The van der Waals surface area contributed by atoms with Gasteiger partial charge < -0.3 is 14.9 Å². The summed E-state index contributed by atoms with van der Waals surface area (Å²) in [5, 5.41) is 23.1. The Labute approximate surface area is 236 Å². The molecule has 0 unspecified atom stereocenters. The number of hydrogen-bond acceptors (Lipinski definition) is 3. The van der Waals surface area contributed by atoms with Crippen molar-refractivity contribution in [2.45, 2.75) is 152 Å². The molecule has 2 aromatic rings. The highest BCUT2D eigenvalue weighted by Gasteiger charge is 2.28. The van der Waals surface area contributed by atoms with Crippen LogP contribution in [0, 0.1) is 0 Å². The Hall–Kier alpha value is -2.16. The summed E-state index contributed by atoms with van der Waals surface area (Å²) < 4.78 is 6.79. The topological polar surface area (TPSA) is 49.7 Å². The van der Waals surface area contributed by atoms with Crippen LogP contribution < -0.4 is 4.74 Å². The van der Waals surface area contributed by atoms with Crippen LogP contribution in [0.4, 0.5) is 0 Å². The molecule has 0 amide bonds. The Bertz CT molecular complexity index is 931. The van der Waals surface area contributed by atoms with Crippen molar-refractivity contribution in [1.29, 1.82) is 0 Å². The van der Waals surface area contributed by atoms with Gasteiger partial charge in [-0.25, -0.2) is 0 Å². The zero-order chi connectivity index (χ0) is 26.6. The van der Waals surface area contributed by atoms with Crippen molar-refractivity contribution in [3.8, 4) is 23.0 Å². The minimum Gasteiger partial charge on any atom is -0.507 e. The highest BCUT2D eigenvalue weighted by molar-refractivity contribution is 5.54. The third-order valence-corrected chi connectivity index (χ3v) is 10.7. The van der Waals surface area contributed by atoms with Crippen LogP contribution >= 0.6 is 0 Å². The lowest BCUT2D eigenvalue weighted by atomic mass is 9.78. The van der Waals surface area contributed by atoms with E-state index in [1.165, 1.54) is 77.0 Å². The lowest BCUT2D eigenvalue weighted by Gasteiger charge is -2.29. The van der Waals surface area contributed by atoms with Gasteiger partial charge in [-0.15, -0.1) is 0 Å². The Balaban J connectivity index is 1.38. The summed E-state index contributed by atoms with van der Waals surface area (Å²) in [6, 6.07) is 8.63. The van der Waals surface area contributed by atoms with Crippen LogP contribution in [-0.4, -0.2) is 10.2 Å².